The molecule has 0 saturated carbocycles. The van der Waals surface area contributed by atoms with Crippen molar-refractivity contribution in [3.8, 4) is 0 Å². The van der Waals surface area contributed by atoms with Crippen LogP contribution in [0.3, 0.4) is 0 Å². The molecule has 0 unspecified atom stereocenters. The van der Waals surface area contributed by atoms with Gasteiger partial charge in [0.15, 0.2) is 0 Å². The first kappa shape index (κ1) is 25.6. The fraction of sp³-hybridized carbons (Fsp3) is 0.750. The molecule has 0 saturated heterocycles. The quantitative estimate of drug-likeness (QED) is 0.434. The van der Waals surface area contributed by atoms with Gasteiger partial charge in [-0.2, -0.15) is 0 Å². The Kier molecular flexibility index (Phi) is 3.72. The minimum atomic E-state index is -5.46. The zero-order valence-corrected chi connectivity index (χ0v) is 22.9. The van der Waals surface area contributed by atoms with Gasteiger partial charge in [-0.3, -0.25) is 0 Å². The van der Waals surface area contributed by atoms with Crippen LogP contribution in [0.15, 0.2) is 21.5 Å². The molecule has 0 aromatic carbocycles. The summed E-state index contributed by atoms with van der Waals surface area (Å²) in [5.74, 6) is 0. The maximum absolute atomic E-state index is 8.25. The molecular formula is C16H42Cl2NSi2Zr. The van der Waals surface area contributed by atoms with Crippen LogP contribution in [-0.2, 0) is 11.5 Å². The summed E-state index contributed by atoms with van der Waals surface area (Å²) in [4.78, 5) is 0. The SMILES string of the molecule is C[Si](C)(C)[Zr]([CH3])([CH3])([CH3])([CH3])([CH3])([NH2])([C]1=CC=CC1)[Si](C)(C)C.Cl.Cl. The molecule has 0 fully saturated rings. The second kappa shape index (κ2) is 3.20. The van der Waals surface area contributed by atoms with Gasteiger partial charge in [0.2, 0.25) is 0 Å². The maximum Gasteiger partial charge on any atom is -0.147 e. The first-order valence-electron chi connectivity index (χ1n) is 8.26. The largest absolute Gasteiger partial charge is 0.147 e. The van der Waals surface area contributed by atoms with E-state index in [1.165, 1.54) is 0 Å². The first-order chi connectivity index (χ1) is 7.84. The molecule has 22 heavy (non-hydrogen) atoms. The molecule has 1 aliphatic carbocycles. The van der Waals surface area contributed by atoms with E-state index in [4.69, 9.17) is 3.68 Å². The minimum absolute atomic E-state index is 0. The van der Waals surface area contributed by atoms with Crippen LogP contribution in [-0.4, -0.2) is 10.4 Å². The van der Waals surface area contributed by atoms with Crippen molar-refractivity contribution >= 4 is 35.2 Å². The number of halogens is 2. The minimum Gasteiger partial charge on any atom is -0.147 e. The molecule has 0 radical (unpaired) electrons. The first-order valence-corrected chi connectivity index (χ1v) is 37.6. The Bertz CT molecular complexity index is 608. The summed E-state index contributed by atoms with van der Waals surface area (Å²) in [5, 5.41) is -3.68. The summed E-state index contributed by atoms with van der Waals surface area (Å²) in [6.07, 6.45) is 7.95. The second-order valence-electron chi connectivity index (χ2n) is 16.8. The summed E-state index contributed by atoms with van der Waals surface area (Å²) in [6.45, 7) is 15.2. The van der Waals surface area contributed by atoms with Gasteiger partial charge in [-0.05, 0) is 0 Å². The van der Waals surface area contributed by atoms with E-state index in [2.05, 4.69) is 80.7 Å². The zero-order chi connectivity index (χ0) is 16.7. The number of rotatable bonds is 3. The number of nitrogens with two attached hydrogens (primary N) is 1. The van der Waals surface area contributed by atoms with Crippen molar-refractivity contribution in [2.45, 2.75) is 68.9 Å². The van der Waals surface area contributed by atoms with Gasteiger partial charge in [0.25, 0.3) is 0 Å². The molecule has 0 amide bonds. The van der Waals surface area contributed by atoms with E-state index in [1.54, 1.807) is 3.28 Å². The van der Waals surface area contributed by atoms with Crippen molar-refractivity contribution in [1.82, 2.24) is 0 Å². The normalized spacial score (nSPS) is 25.6. The van der Waals surface area contributed by atoms with Gasteiger partial charge < -0.3 is 0 Å². The van der Waals surface area contributed by atoms with Crippen molar-refractivity contribution in [3.63, 3.8) is 0 Å². The summed E-state index contributed by atoms with van der Waals surface area (Å²) in [7, 11) is 0. The van der Waals surface area contributed by atoms with E-state index in [-0.39, 0.29) is 24.8 Å². The molecule has 0 aliphatic heterocycles. The van der Waals surface area contributed by atoms with Gasteiger partial charge >= 0.3 is 116 Å². The summed E-state index contributed by atoms with van der Waals surface area (Å²) >= 11 is -5.46. The van der Waals surface area contributed by atoms with Crippen LogP contribution >= 0.6 is 24.8 Å². The van der Waals surface area contributed by atoms with E-state index >= 15 is 0 Å². The predicted molar refractivity (Wildman–Crippen MR) is 117 cm³/mol. The fourth-order valence-electron chi connectivity index (χ4n) is 3.75. The Morgan fingerprint density at radius 2 is 1.14 bits per heavy atom. The average Bonchev–Trinajstić information content (AvgIpc) is 2.46. The summed E-state index contributed by atoms with van der Waals surface area (Å²) in [6, 6.07) is 0. The Morgan fingerprint density at radius 1 is 0.818 bits per heavy atom. The van der Waals surface area contributed by atoms with Crippen molar-refractivity contribution in [3.05, 3.63) is 21.5 Å². The van der Waals surface area contributed by atoms with Crippen LogP contribution in [0.25, 0.3) is 0 Å². The van der Waals surface area contributed by atoms with Crippen LogP contribution in [0.1, 0.15) is 6.42 Å². The molecule has 0 atom stereocenters. The van der Waals surface area contributed by atoms with Crippen LogP contribution in [0, 0.1) is 0 Å². The second-order valence-corrected chi connectivity index (χ2v) is 145. The molecule has 0 bridgehead atoms. The van der Waals surface area contributed by atoms with E-state index in [9.17, 15) is 0 Å². The van der Waals surface area contributed by atoms with Gasteiger partial charge in [0, 0.05) is 0 Å². The van der Waals surface area contributed by atoms with E-state index in [1.807, 2.05) is 0 Å². The molecule has 1 nitrogen and oxygen atoms in total. The molecule has 1 rings (SSSR count). The van der Waals surface area contributed by atoms with Crippen molar-refractivity contribution in [2.24, 2.45) is 3.68 Å². The Hall–Kier alpha value is 1.34. The van der Waals surface area contributed by atoms with E-state index in [0.29, 0.717) is 0 Å². The van der Waals surface area contributed by atoms with Gasteiger partial charge in [0.05, 0.1) is 0 Å². The molecule has 137 valence electrons. The van der Waals surface area contributed by atoms with Crippen molar-refractivity contribution in [1.29, 1.82) is 0 Å². The van der Waals surface area contributed by atoms with Gasteiger partial charge in [0.1, 0.15) is 0 Å². The Labute approximate surface area is 139 Å². The van der Waals surface area contributed by atoms with Gasteiger partial charge in [-0.1, -0.05) is 0 Å². The molecule has 0 aromatic heterocycles. The number of hydrogen-bond donors (Lipinski definition) is 1. The fourth-order valence-corrected chi connectivity index (χ4v) is 87.4. The van der Waals surface area contributed by atoms with Crippen LogP contribution in [0.2, 0.25) is 62.4 Å². The predicted octanol–water partition coefficient (Wildman–Crippen LogP) is 7.29. The molecule has 0 heterocycles. The zero-order valence-electron chi connectivity index (χ0n) is 16.8. The Morgan fingerprint density at radius 3 is 1.32 bits per heavy atom. The number of allylic oxidation sites excluding steroid dienone is 4. The van der Waals surface area contributed by atoms with E-state index in [0.717, 1.165) is 6.42 Å². The monoisotopic (exact) mass is 464 g/mol. The standard InChI is InChI=1S/C5H5.2C3H9Si.5CH3.2ClH.H2N.Zr/c1-2-4-5-3-1;2*1-4(2)3;;;;;;;;;/h1-3H,4H2;2*1-3H3;5*1H3;2*1H;1H2;/q;;;;;;;;;;-1;+1. The van der Waals surface area contributed by atoms with Crippen molar-refractivity contribution in [2.75, 3.05) is 0 Å². The third-order valence-corrected chi connectivity index (χ3v) is 220. The molecule has 0 spiro atoms. The summed E-state index contributed by atoms with van der Waals surface area (Å²) < 4.78 is 22.8. The molecular weight excluding hydrogens is 424 g/mol. The summed E-state index contributed by atoms with van der Waals surface area (Å²) in [5.41, 5.74) is 0. The molecule has 0 aromatic rings. The van der Waals surface area contributed by atoms with Crippen LogP contribution < -0.4 is 3.68 Å². The molecule has 2 N–H and O–H groups in total. The van der Waals surface area contributed by atoms with E-state index < -0.39 is 21.9 Å². The van der Waals surface area contributed by atoms with Crippen molar-refractivity contribution < 1.29 is 11.5 Å². The van der Waals surface area contributed by atoms with Crippen LogP contribution in [0.4, 0.5) is 0 Å². The third-order valence-electron chi connectivity index (χ3n) is 12.7. The van der Waals surface area contributed by atoms with Gasteiger partial charge in [-0.25, -0.2) is 0 Å². The molecule has 1 aliphatic rings. The Balaban J connectivity index is 0. The smallest absolute Gasteiger partial charge is 0.147 e. The molecule has 6 heteroatoms. The van der Waals surface area contributed by atoms with Gasteiger partial charge in [-0.15, -0.1) is 24.8 Å². The maximum atomic E-state index is 8.25. The topological polar surface area (TPSA) is 26.0 Å². The average molecular weight is 467 g/mol. The third kappa shape index (κ3) is 1.69. The number of hydrogen-bond acceptors (Lipinski definition) is 1. The van der Waals surface area contributed by atoms with Crippen LogP contribution in [0.5, 0.6) is 0 Å².